The first-order valence-corrected chi connectivity index (χ1v) is 9.24. The van der Waals surface area contributed by atoms with Gasteiger partial charge in [0, 0.05) is 18.0 Å². The molecule has 26 heavy (non-hydrogen) atoms. The molecule has 1 aromatic carbocycles. The first kappa shape index (κ1) is 16.7. The number of aromatic nitrogens is 6. The van der Waals surface area contributed by atoms with Crippen LogP contribution in [0.1, 0.15) is 11.5 Å². The van der Waals surface area contributed by atoms with Crippen molar-refractivity contribution < 1.29 is 4.42 Å². The summed E-state index contributed by atoms with van der Waals surface area (Å²) in [5, 5.41) is 16.2. The molecule has 130 valence electrons. The van der Waals surface area contributed by atoms with E-state index in [0.717, 1.165) is 16.5 Å². The fraction of sp³-hybridized carbons (Fsp3) is 0.118. The number of thioether (sulfide) groups is 1. The van der Waals surface area contributed by atoms with Crippen LogP contribution in [0.2, 0.25) is 0 Å². The smallest absolute Gasteiger partial charge is 0.284 e. The SMILES string of the molecule is S=c1[nH]nc(CSc2nnc(-c3ccncc3)n2Cc2ccccc2)o1. The van der Waals surface area contributed by atoms with E-state index >= 15 is 0 Å². The van der Waals surface area contributed by atoms with Gasteiger partial charge in [0.25, 0.3) is 4.84 Å². The van der Waals surface area contributed by atoms with Gasteiger partial charge in [-0.2, -0.15) is 0 Å². The van der Waals surface area contributed by atoms with Crippen molar-refractivity contribution in [3.05, 3.63) is 71.1 Å². The average Bonchev–Trinajstić information content (AvgIpc) is 3.28. The maximum Gasteiger partial charge on any atom is 0.284 e. The second kappa shape index (κ2) is 7.63. The minimum absolute atomic E-state index is 0.267. The Kier molecular flexibility index (Phi) is 4.89. The van der Waals surface area contributed by atoms with Gasteiger partial charge in [-0.25, -0.2) is 5.10 Å². The quantitative estimate of drug-likeness (QED) is 0.402. The minimum Gasteiger partial charge on any atom is -0.413 e. The summed E-state index contributed by atoms with van der Waals surface area (Å²) in [4.78, 5) is 4.34. The molecule has 3 heterocycles. The lowest BCUT2D eigenvalue weighted by atomic mass is 10.2. The third-order valence-corrected chi connectivity index (χ3v) is 4.77. The fourth-order valence-electron chi connectivity index (χ4n) is 2.47. The van der Waals surface area contributed by atoms with Gasteiger partial charge in [0.05, 0.1) is 12.3 Å². The van der Waals surface area contributed by atoms with Crippen molar-refractivity contribution in [3.63, 3.8) is 0 Å². The van der Waals surface area contributed by atoms with Gasteiger partial charge in [0.15, 0.2) is 11.0 Å². The zero-order chi connectivity index (χ0) is 17.8. The number of hydrogen-bond acceptors (Lipinski definition) is 7. The Hall–Kier alpha value is -2.78. The molecule has 4 rings (SSSR count). The molecule has 4 aromatic rings. The average molecular weight is 382 g/mol. The van der Waals surface area contributed by atoms with E-state index in [-0.39, 0.29) is 4.84 Å². The summed E-state index contributed by atoms with van der Waals surface area (Å²) in [7, 11) is 0. The van der Waals surface area contributed by atoms with Gasteiger partial charge < -0.3 is 4.42 Å². The Morgan fingerprint density at radius 1 is 1.08 bits per heavy atom. The molecule has 0 saturated heterocycles. The number of H-pyrrole nitrogens is 1. The van der Waals surface area contributed by atoms with Crippen LogP contribution < -0.4 is 0 Å². The number of nitrogens with zero attached hydrogens (tertiary/aromatic N) is 5. The van der Waals surface area contributed by atoms with Gasteiger partial charge in [-0.1, -0.05) is 42.1 Å². The third-order valence-electron chi connectivity index (χ3n) is 3.65. The summed E-state index contributed by atoms with van der Waals surface area (Å²) < 4.78 is 7.40. The van der Waals surface area contributed by atoms with Crippen molar-refractivity contribution in [1.29, 1.82) is 0 Å². The van der Waals surface area contributed by atoms with Gasteiger partial charge in [-0.3, -0.25) is 9.55 Å². The molecule has 0 amide bonds. The van der Waals surface area contributed by atoms with E-state index in [1.807, 2.05) is 30.3 Å². The highest BCUT2D eigenvalue weighted by Crippen LogP contribution is 2.26. The van der Waals surface area contributed by atoms with E-state index in [0.29, 0.717) is 18.2 Å². The maximum absolute atomic E-state index is 5.32. The van der Waals surface area contributed by atoms with E-state index in [4.69, 9.17) is 16.6 Å². The topological polar surface area (TPSA) is 85.4 Å². The van der Waals surface area contributed by atoms with E-state index < -0.39 is 0 Å². The van der Waals surface area contributed by atoms with Crippen LogP contribution in [0, 0.1) is 4.84 Å². The molecule has 0 aliphatic rings. The molecule has 0 unspecified atom stereocenters. The Labute approximate surface area is 158 Å². The van der Waals surface area contributed by atoms with Crippen molar-refractivity contribution >= 4 is 24.0 Å². The number of pyridine rings is 1. The highest BCUT2D eigenvalue weighted by molar-refractivity contribution is 7.98. The van der Waals surface area contributed by atoms with Crippen LogP contribution in [0.4, 0.5) is 0 Å². The van der Waals surface area contributed by atoms with Crippen molar-refractivity contribution in [3.8, 4) is 11.4 Å². The second-order valence-electron chi connectivity index (χ2n) is 5.41. The van der Waals surface area contributed by atoms with Crippen LogP contribution in [-0.4, -0.2) is 29.9 Å². The maximum atomic E-state index is 5.32. The van der Waals surface area contributed by atoms with E-state index in [1.165, 1.54) is 17.3 Å². The van der Waals surface area contributed by atoms with Gasteiger partial charge >= 0.3 is 0 Å². The third kappa shape index (κ3) is 3.73. The van der Waals surface area contributed by atoms with Crippen molar-refractivity contribution in [1.82, 2.24) is 29.9 Å². The summed E-state index contributed by atoms with van der Waals surface area (Å²) in [6, 6.07) is 14.0. The molecule has 0 fully saturated rings. The predicted molar refractivity (Wildman–Crippen MR) is 100 cm³/mol. The van der Waals surface area contributed by atoms with Crippen LogP contribution >= 0.6 is 24.0 Å². The Bertz CT molecular complexity index is 1040. The van der Waals surface area contributed by atoms with Crippen LogP contribution in [0.15, 0.2) is 64.4 Å². The molecule has 0 atom stereocenters. The van der Waals surface area contributed by atoms with Crippen LogP contribution in [-0.2, 0) is 12.3 Å². The molecular formula is C17H14N6OS2. The van der Waals surface area contributed by atoms with Crippen molar-refractivity contribution in [2.24, 2.45) is 0 Å². The highest BCUT2D eigenvalue weighted by Gasteiger charge is 2.16. The molecule has 7 nitrogen and oxygen atoms in total. The lowest BCUT2D eigenvalue weighted by Gasteiger charge is -2.10. The highest BCUT2D eigenvalue weighted by atomic mass is 32.2. The van der Waals surface area contributed by atoms with Crippen molar-refractivity contribution in [2.75, 3.05) is 0 Å². The monoisotopic (exact) mass is 382 g/mol. The summed E-state index contributed by atoms with van der Waals surface area (Å²) >= 11 is 6.41. The number of hydrogen-bond donors (Lipinski definition) is 1. The van der Waals surface area contributed by atoms with Crippen LogP contribution in [0.25, 0.3) is 11.4 Å². The first-order chi connectivity index (χ1) is 12.8. The summed E-state index contributed by atoms with van der Waals surface area (Å²) in [6.45, 7) is 0.665. The Balaban J connectivity index is 1.66. The van der Waals surface area contributed by atoms with E-state index in [9.17, 15) is 0 Å². The Morgan fingerprint density at radius 2 is 1.88 bits per heavy atom. The first-order valence-electron chi connectivity index (χ1n) is 7.84. The van der Waals surface area contributed by atoms with E-state index in [2.05, 4.69) is 42.1 Å². The molecule has 0 saturated carbocycles. The summed E-state index contributed by atoms with van der Waals surface area (Å²) in [6.07, 6.45) is 3.49. The molecule has 0 aliphatic carbocycles. The number of nitrogens with one attached hydrogen (secondary N) is 1. The summed E-state index contributed by atoms with van der Waals surface area (Å²) in [5.41, 5.74) is 2.13. The van der Waals surface area contributed by atoms with Gasteiger partial charge in [-0.05, 0) is 29.9 Å². The van der Waals surface area contributed by atoms with Gasteiger partial charge in [0.1, 0.15) is 0 Å². The molecule has 0 spiro atoms. The number of benzene rings is 1. The minimum atomic E-state index is 0.267. The number of rotatable bonds is 6. The standard InChI is InChI=1S/C17H14N6OS2/c25-17-22-19-14(24-17)11-26-16-21-20-15(13-6-8-18-9-7-13)23(16)10-12-4-2-1-3-5-12/h1-9H,10-11H2,(H,22,25). The molecular weight excluding hydrogens is 368 g/mol. The van der Waals surface area contributed by atoms with Gasteiger partial charge in [0.2, 0.25) is 5.89 Å². The molecule has 1 N–H and O–H groups in total. The molecule has 3 aromatic heterocycles. The van der Waals surface area contributed by atoms with E-state index in [1.54, 1.807) is 12.4 Å². The van der Waals surface area contributed by atoms with Gasteiger partial charge in [-0.15, -0.1) is 15.3 Å². The predicted octanol–water partition coefficient (Wildman–Crippen LogP) is 3.73. The fourth-order valence-corrected chi connectivity index (χ4v) is 3.39. The zero-order valence-corrected chi connectivity index (χ0v) is 15.2. The van der Waals surface area contributed by atoms with Crippen LogP contribution in [0.5, 0.6) is 0 Å². The number of aromatic amines is 1. The lowest BCUT2D eigenvalue weighted by molar-refractivity contribution is 0.500. The largest absolute Gasteiger partial charge is 0.413 e. The summed E-state index contributed by atoms with van der Waals surface area (Å²) in [5.74, 6) is 1.83. The van der Waals surface area contributed by atoms with Crippen molar-refractivity contribution in [2.45, 2.75) is 17.5 Å². The molecule has 9 heteroatoms. The molecule has 0 radical (unpaired) electrons. The Morgan fingerprint density at radius 3 is 2.62 bits per heavy atom. The zero-order valence-electron chi connectivity index (χ0n) is 13.6. The molecule has 0 bridgehead atoms. The lowest BCUT2D eigenvalue weighted by Crippen LogP contribution is -2.04. The normalized spacial score (nSPS) is 10.9. The second-order valence-corrected chi connectivity index (χ2v) is 6.72. The van der Waals surface area contributed by atoms with Crippen LogP contribution in [0.3, 0.4) is 0 Å². The molecule has 0 aliphatic heterocycles.